The van der Waals surface area contributed by atoms with Gasteiger partial charge >= 0.3 is 0 Å². The third kappa shape index (κ3) is 2.90. The molecule has 0 aliphatic rings. The molecular formula is C9H6BrClFN3S. The Morgan fingerprint density at radius 3 is 3.00 bits per heavy atom. The van der Waals surface area contributed by atoms with Gasteiger partial charge in [0.25, 0.3) is 0 Å². The summed E-state index contributed by atoms with van der Waals surface area (Å²) in [5.41, 5.74) is 0. The Labute approximate surface area is 109 Å². The highest BCUT2D eigenvalue weighted by atomic mass is 79.9. The molecule has 0 fully saturated rings. The summed E-state index contributed by atoms with van der Waals surface area (Å²) in [6.07, 6.45) is 1.04. The fraction of sp³-hybridized carbons (Fsp3) is 0.111. The molecule has 2 heterocycles. The van der Waals surface area contributed by atoms with E-state index in [9.17, 15) is 4.39 Å². The van der Waals surface area contributed by atoms with E-state index in [4.69, 9.17) is 11.6 Å². The average molecular weight is 323 g/mol. The summed E-state index contributed by atoms with van der Waals surface area (Å²) in [6, 6.07) is 3.88. The lowest BCUT2D eigenvalue weighted by molar-refractivity contribution is 0.616. The number of hydrogen-bond acceptors (Lipinski definition) is 4. The molecule has 1 N–H and O–H groups in total. The molecule has 0 radical (unpaired) electrons. The second-order valence-corrected chi connectivity index (χ2v) is 5.78. The molecule has 7 heteroatoms. The zero-order valence-electron chi connectivity index (χ0n) is 7.88. The first-order valence-corrected chi connectivity index (χ1v) is 6.30. The summed E-state index contributed by atoms with van der Waals surface area (Å²) in [5.74, 6) is -0.399. The second-order valence-electron chi connectivity index (χ2n) is 2.89. The molecule has 0 saturated carbocycles. The molecule has 0 aliphatic heterocycles. The number of halogens is 3. The Bertz CT molecular complexity index is 505. The molecule has 2 aromatic rings. The molecule has 16 heavy (non-hydrogen) atoms. The van der Waals surface area contributed by atoms with E-state index in [2.05, 4.69) is 31.2 Å². The summed E-state index contributed by atoms with van der Waals surface area (Å²) in [4.78, 5) is 8.36. The molecule has 0 amide bonds. The number of rotatable bonds is 3. The predicted octanol–water partition coefficient (Wildman–Crippen LogP) is 3.71. The highest BCUT2D eigenvalue weighted by Crippen LogP contribution is 2.23. The minimum Gasteiger partial charge on any atom is -0.363 e. The van der Waals surface area contributed by atoms with Gasteiger partial charge in [0.15, 0.2) is 11.6 Å². The van der Waals surface area contributed by atoms with Gasteiger partial charge in [-0.1, -0.05) is 0 Å². The molecule has 0 atom stereocenters. The monoisotopic (exact) mass is 321 g/mol. The van der Waals surface area contributed by atoms with Gasteiger partial charge in [-0.25, -0.2) is 9.37 Å². The van der Waals surface area contributed by atoms with Crippen LogP contribution in [0.4, 0.5) is 10.2 Å². The minimum atomic E-state index is -0.514. The summed E-state index contributed by atoms with van der Waals surface area (Å²) >= 11 is 10.5. The summed E-state index contributed by atoms with van der Waals surface area (Å²) < 4.78 is 14.3. The zero-order valence-corrected chi connectivity index (χ0v) is 11.0. The van der Waals surface area contributed by atoms with Crippen molar-refractivity contribution in [3.63, 3.8) is 0 Å². The zero-order chi connectivity index (χ0) is 11.5. The fourth-order valence-corrected chi connectivity index (χ4v) is 2.64. The number of nitrogens with one attached hydrogen (secondary N) is 1. The maximum atomic E-state index is 13.2. The lowest BCUT2D eigenvalue weighted by atomic mass is 10.4. The molecule has 0 aliphatic carbocycles. The normalized spacial score (nSPS) is 10.4. The van der Waals surface area contributed by atoms with Crippen molar-refractivity contribution in [2.45, 2.75) is 6.54 Å². The van der Waals surface area contributed by atoms with Crippen molar-refractivity contribution in [3.05, 3.63) is 38.1 Å². The average Bonchev–Trinajstić information content (AvgIpc) is 2.66. The van der Waals surface area contributed by atoms with Crippen LogP contribution in [0.2, 0.25) is 5.28 Å². The van der Waals surface area contributed by atoms with E-state index in [1.807, 2.05) is 12.1 Å². The highest BCUT2D eigenvalue weighted by molar-refractivity contribution is 9.11. The Morgan fingerprint density at radius 2 is 2.31 bits per heavy atom. The van der Waals surface area contributed by atoms with Gasteiger partial charge in [0, 0.05) is 4.88 Å². The van der Waals surface area contributed by atoms with Gasteiger partial charge in [0.05, 0.1) is 16.5 Å². The van der Waals surface area contributed by atoms with E-state index in [-0.39, 0.29) is 11.1 Å². The van der Waals surface area contributed by atoms with E-state index in [0.717, 1.165) is 14.9 Å². The topological polar surface area (TPSA) is 37.8 Å². The van der Waals surface area contributed by atoms with Gasteiger partial charge in [0.1, 0.15) is 0 Å². The van der Waals surface area contributed by atoms with Crippen LogP contribution >= 0.6 is 38.9 Å². The van der Waals surface area contributed by atoms with E-state index in [1.165, 1.54) is 0 Å². The van der Waals surface area contributed by atoms with Crippen molar-refractivity contribution >= 4 is 44.7 Å². The van der Waals surface area contributed by atoms with Gasteiger partial charge in [-0.2, -0.15) is 4.98 Å². The number of anilines is 1. The predicted molar refractivity (Wildman–Crippen MR) is 66.3 cm³/mol. The van der Waals surface area contributed by atoms with E-state index in [0.29, 0.717) is 6.54 Å². The number of thiophene rings is 1. The van der Waals surface area contributed by atoms with Crippen LogP contribution in [-0.2, 0) is 6.54 Å². The minimum absolute atomic E-state index is 0.0243. The first-order chi connectivity index (χ1) is 7.65. The van der Waals surface area contributed by atoms with Crippen molar-refractivity contribution in [2.75, 3.05) is 5.32 Å². The number of nitrogens with zero attached hydrogens (tertiary/aromatic N) is 2. The van der Waals surface area contributed by atoms with Gasteiger partial charge in [0.2, 0.25) is 5.28 Å². The SMILES string of the molecule is Fc1cnc(Cl)nc1NCc1ccc(Br)s1. The lowest BCUT2D eigenvalue weighted by Gasteiger charge is -2.04. The Kier molecular flexibility index (Phi) is 3.73. The molecule has 0 unspecified atom stereocenters. The van der Waals surface area contributed by atoms with Crippen LogP contribution in [0.1, 0.15) is 4.88 Å². The quantitative estimate of drug-likeness (QED) is 0.876. The van der Waals surface area contributed by atoms with Gasteiger partial charge in [-0.05, 0) is 39.7 Å². The smallest absolute Gasteiger partial charge is 0.224 e. The second kappa shape index (κ2) is 5.07. The number of aromatic nitrogens is 2. The van der Waals surface area contributed by atoms with E-state index < -0.39 is 5.82 Å². The maximum absolute atomic E-state index is 13.2. The van der Waals surface area contributed by atoms with Gasteiger partial charge in [-0.3, -0.25) is 0 Å². The molecule has 2 aromatic heterocycles. The van der Waals surface area contributed by atoms with E-state index >= 15 is 0 Å². The molecule has 84 valence electrons. The Hall–Kier alpha value is -0.720. The van der Waals surface area contributed by atoms with E-state index in [1.54, 1.807) is 11.3 Å². The highest BCUT2D eigenvalue weighted by Gasteiger charge is 2.06. The van der Waals surface area contributed by atoms with Crippen molar-refractivity contribution < 1.29 is 4.39 Å². The van der Waals surface area contributed by atoms with Crippen molar-refractivity contribution in [3.8, 4) is 0 Å². The lowest BCUT2D eigenvalue weighted by Crippen LogP contribution is -2.03. The maximum Gasteiger partial charge on any atom is 0.224 e. The molecule has 2 rings (SSSR count). The molecule has 0 aromatic carbocycles. The first-order valence-electron chi connectivity index (χ1n) is 4.31. The van der Waals surface area contributed by atoms with Crippen molar-refractivity contribution in [1.29, 1.82) is 0 Å². The van der Waals surface area contributed by atoms with Crippen LogP contribution in [0.5, 0.6) is 0 Å². The largest absolute Gasteiger partial charge is 0.363 e. The standard InChI is InChI=1S/C9H6BrClFN3S/c10-7-2-1-5(16-7)3-13-8-6(12)4-14-9(11)15-8/h1-2,4H,3H2,(H,13,14,15). The summed E-state index contributed by atoms with van der Waals surface area (Å²) in [7, 11) is 0. The van der Waals surface area contributed by atoms with Crippen LogP contribution in [0.3, 0.4) is 0 Å². The van der Waals surface area contributed by atoms with Crippen LogP contribution in [-0.4, -0.2) is 9.97 Å². The first kappa shape index (κ1) is 11.8. The Morgan fingerprint density at radius 1 is 1.50 bits per heavy atom. The van der Waals surface area contributed by atoms with Gasteiger partial charge in [-0.15, -0.1) is 11.3 Å². The third-order valence-electron chi connectivity index (χ3n) is 1.77. The molecule has 3 nitrogen and oxygen atoms in total. The summed E-state index contributed by atoms with van der Waals surface area (Å²) in [6.45, 7) is 0.501. The Balaban J connectivity index is 2.07. The van der Waals surface area contributed by atoms with Crippen molar-refractivity contribution in [1.82, 2.24) is 9.97 Å². The molecule has 0 spiro atoms. The van der Waals surface area contributed by atoms with Crippen molar-refractivity contribution in [2.24, 2.45) is 0 Å². The van der Waals surface area contributed by atoms with Crippen LogP contribution in [0.15, 0.2) is 22.1 Å². The van der Waals surface area contributed by atoms with Crippen LogP contribution in [0.25, 0.3) is 0 Å². The third-order valence-corrected chi connectivity index (χ3v) is 3.58. The summed E-state index contributed by atoms with van der Waals surface area (Å²) in [5, 5.41) is 2.89. The molecule has 0 bridgehead atoms. The van der Waals surface area contributed by atoms with Crippen LogP contribution < -0.4 is 5.32 Å². The number of hydrogen-bond donors (Lipinski definition) is 1. The van der Waals surface area contributed by atoms with Gasteiger partial charge < -0.3 is 5.32 Å². The van der Waals surface area contributed by atoms with Crippen LogP contribution in [0, 0.1) is 5.82 Å². The molecule has 0 saturated heterocycles. The fourth-order valence-electron chi connectivity index (χ4n) is 1.09. The molecular weight excluding hydrogens is 317 g/mol.